The second-order valence-corrected chi connectivity index (χ2v) is 1.94. The Kier molecular flexibility index (Phi) is 1.11. The Morgan fingerprint density at radius 3 is 2.57 bits per heavy atom. The summed E-state index contributed by atoms with van der Waals surface area (Å²) in [5, 5.41) is 8.68. The van der Waals surface area contributed by atoms with E-state index in [2.05, 4.69) is 0 Å². The van der Waals surface area contributed by atoms with E-state index in [0.717, 1.165) is 0 Å². The number of hydrogen-bond donors (Lipinski definition) is 1. The summed E-state index contributed by atoms with van der Waals surface area (Å²) in [5.41, 5.74) is 0. The summed E-state index contributed by atoms with van der Waals surface area (Å²) < 4.78 is 0. The number of carbonyl (C=O) groups excluding carboxylic acids is 1. The van der Waals surface area contributed by atoms with E-state index < -0.39 is 0 Å². The van der Waals surface area contributed by atoms with Crippen molar-refractivity contribution in [3.05, 3.63) is 0 Å². The Morgan fingerprint density at radius 1 is 1.71 bits per heavy atom. The highest BCUT2D eigenvalue weighted by Crippen LogP contribution is 2.12. The first kappa shape index (κ1) is 4.78. The minimum absolute atomic E-state index is 0.201. The standard InChI is InChI=1S/C5H8O2/c6-4-1-2-5(7)3-4/h4,6H,1-3H2/t4-/m1/s1. The van der Waals surface area contributed by atoms with Crippen LogP contribution in [0.15, 0.2) is 0 Å². The summed E-state index contributed by atoms with van der Waals surface area (Å²) in [7, 11) is 0. The zero-order chi connectivity index (χ0) is 5.28. The Balaban J connectivity index is 2.40. The van der Waals surface area contributed by atoms with Gasteiger partial charge in [0.1, 0.15) is 5.78 Å². The van der Waals surface area contributed by atoms with E-state index in [0.29, 0.717) is 19.3 Å². The lowest BCUT2D eigenvalue weighted by molar-refractivity contribution is -0.117. The van der Waals surface area contributed by atoms with Crippen LogP contribution < -0.4 is 0 Å². The summed E-state index contributed by atoms with van der Waals surface area (Å²) in [6, 6.07) is 0. The molecule has 0 amide bonds. The molecule has 1 rings (SSSR count). The van der Waals surface area contributed by atoms with Gasteiger partial charge in [-0.25, -0.2) is 0 Å². The van der Waals surface area contributed by atoms with Crippen LogP contribution in [0.1, 0.15) is 19.3 Å². The number of aliphatic hydroxyl groups is 1. The van der Waals surface area contributed by atoms with E-state index >= 15 is 0 Å². The maximum absolute atomic E-state index is 10.3. The van der Waals surface area contributed by atoms with Gasteiger partial charge in [0, 0.05) is 12.8 Å². The van der Waals surface area contributed by atoms with E-state index in [1.165, 1.54) is 0 Å². The fourth-order valence-corrected chi connectivity index (χ4v) is 0.795. The predicted octanol–water partition coefficient (Wildman–Crippen LogP) is 0.100. The number of ketones is 1. The van der Waals surface area contributed by atoms with Gasteiger partial charge in [0.15, 0.2) is 0 Å². The molecule has 0 spiro atoms. The highest BCUT2D eigenvalue weighted by Gasteiger charge is 2.18. The second kappa shape index (κ2) is 1.62. The van der Waals surface area contributed by atoms with Crippen molar-refractivity contribution in [2.24, 2.45) is 0 Å². The fraction of sp³-hybridized carbons (Fsp3) is 0.800. The molecular formula is C5H8O2. The molecule has 1 atom stereocenters. The number of Topliss-reactive ketones (excluding diaryl/α,β-unsaturated/α-hetero) is 1. The van der Waals surface area contributed by atoms with Crippen molar-refractivity contribution in [2.45, 2.75) is 25.4 Å². The van der Waals surface area contributed by atoms with Crippen LogP contribution in [-0.4, -0.2) is 17.0 Å². The Labute approximate surface area is 42.1 Å². The second-order valence-electron chi connectivity index (χ2n) is 1.94. The predicted molar refractivity (Wildman–Crippen MR) is 24.9 cm³/mol. The van der Waals surface area contributed by atoms with Crippen LogP contribution >= 0.6 is 0 Å². The average molecular weight is 100 g/mol. The van der Waals surface area contributed by atoms with Gasteiger partial charge in [-0.05, 0) is 6.42 Å². The van der Waals surface area contributed by atoms with Gasteiger partial charge >= 0.3 is 0 Å². The molecule has 2 nitrogen and oxygen atoms in total. The van der Waals surface area contributed by atoms with Crippen LogP contribution in [0.25, 0.3) is 0 Å². The molecule has 0 unspecified atom stereocenters. The third-order valence-electron chi connectivity index (χ3n) is 1.22. The van der Waals surface area contributed by atoms with Gasteiger partial charge in [-0.15, -0.1) is 0 Å². The zero-order valence-corrected chi connectivity index (χ0v) is 4.05. The van der Waals surface area contributed by atoms with Gasteiger partial charge < -0.3 is 5.11 Å². The summed E-state index contributed by atoms with van der Waals surface area (Å²) >= 11 is 0. The molecule has 0 bridgehead atoms. The molecule has 1 N–H and O–H groups in total. The first-order valence-corrected chi connectivity index (χ1v) is 2.49. The van der Waals surface area contributed by atoms with Gasteiger partial charge in [0.2, 0.25) is 0 Å². The van der Waals surface area contributed by atoms with E-state index in [1.807, 2.05) is 0 Å². The first-order chi connectivity index (χ1) is 3.29. The topological polar surface area (TPSA) is 37.3 Å². The largest absolute Gasteiger partial charge is 0.393 e. The van der Waals surface area contributed by atoms with E-state index in [9.17, 15) is 4.79 Å². The van der Waals surface area contributed by atoms with Crippen molar-refractivity contribution in [1.82, 2.24) is 0 Å². The van der Waals surface area contributed by atoms with Crippen LogP contribution in [0, 0.1) is 0 Å². The maximum Gasteiger partial charge on any atom is 0.135 e. The van der Waals surface area contributed by atoms with Gasteiger partial charge in [0.05, 0.1) is 6.10 Å². The van der Waals surface area contributed by atoms with Crippen molar-refractivity contribution < 1.29 is 9.90 Å². The summed E-state index contributed by atoms with van der Waals surface area (Å²) in [6.07, 6.45) is 1.33. The molecule has 1 saturated carbocycles. The van der Waals surface area contributed by atoms with Crippen molar-refractivity contribution in [3.8, 4) is 0 Å². The highest BCUT2D eigenvalue weighted by atomic mass is 16.3. The molecule has 1 aliphatic rings. The van der Waals surface area contributed by atoms with Crippen LogP contribution in [0.3, 0.4) is 0 Å². The van der Waals surface area contributed by atoms with Crippen LogP contribution in [0.4, 0.5) is 0 Å². The zero-order valence-electron chi connectivity index (χ0n) is 4.05. The van der Waals surface area contributed by atoms with Crippen molar-refractivity contribution in [2.75, 3.05) is 0 Å². The lowest BCUT2D eigenvalue weighted by atomic mass is 10.3. The quantitative estimate of drug-likeness (QED) is 0.468. The molecule has 0 saturated heterocycles. The van der Waals surface area contributed by atoms with Gasteiger partial charge in [-0.3, -0.25) is 4.79 Å². The smallest absolute Gasteiger partial charge is 0.135 e. The van der Waals surface area contributed by atoms with Crippen LogP contribution in [0.5, 0.6) is 0 Å². The number of aliphatic hydroxyl groups excluding tert-OH is 1. The molecular weight excluding hydrogens is 92.1 g/mol. The van der Waals surface area contributed by atoms with Crippen molar-refractivity contribution in [1.29, 1.82) is 0 Å². The molecule has 0 heterocycles. The van der Waals surface area contributed by atoms with E-state index in [1.54, 1.807) is 0 Å². The molecule has 1 aliphatic carbocycles. The lowest BCUT2D eigenvalue weighted by Crippen LogP contribution is -1.98. The first-order valence-electron chi connectivity index (χ1n) is 2.49. The summed E-state index contributed by atoms with van der Waals surface area (Å²) in [4.78, 5) is 10.3. The van der Waals surface area contributed by atoms with Crippen molar-refractivity contribution in [3.63, 3.8) is 0 Å². The van der Waals surface area contributed by atoms with Crippen LogP contribution in [0.2, 0.25) is 0 Å². The monoisotopic (exact) mass is 100 g/mol. The Hall–Kier alpha value is -0.370. The molecule has 1 fully saturated rings. The SMILES string of the molecule is O=C1CC[C@@H](O)C1. The number of rotatable bonds is 0. The van der Waals surface area contributed by atoms with Crippen LogP contribution in [-0.2, 0) is 4.79 Å². The average Bonchev–Trinajstić information content (AvgIpc) is 1.87. The Bertz CT molecular complexity index is 88.1. The molecule has 0 aromatic rings. The molecule has 0 radical (unpaired) electrons. The van der Waals surface area contributed by atoms with E-state index in [4.69, 9.17) is 5.11 Å². The highest BCUT2D eigenvalue weighted by molar-refractivity contribution is 5.80. The molecule has 0 aromatic carbocycles. The number of carbonyl (C=O) groups is 1. The molecule has 7 heavy (non-hydrogen) atoms. The Morgan fingerprint density at radius 2 is 2.43 bits per heavy atom. The summed E-state index contributed by atoms with van der Waals surface area (Å²) in [5.74, 6) is 0.201. The van der Waals surface area contributed by atoms with Gasteiger partial charge in [-0.1, -0.05) is 0 Å². The molecule has 0 aliphatic heterocycles. The van der Waals surface area contributed by atoms with Gasteiger partial charge in [0.25, 0.3) is 0 Å². The molecule has 2 heteroatoms. The normalized spacial score (nSPS) is 31.6. The summed E-state index contributed by atoms with van der Waals surface area (Å²) in [6.45, 7) is 0. The number of hydrogen-bond acceptors (Lipinski definition) is 2. The van der Waals surface area contributed by atoms with Crippen molar-refractivity contribution >= 4 is 5.78 Å². The third-order valence-corrected chi connectivity index (χ3v) is 1.22. The minimum Gasteiger partial charge on any atom is -0.393 e. The van der Waals surface area contributed by atoms with Gasteiger partial charge in [-0.2, -0.15) is 0 Å². The minimum atomic E-state index is -0.326. The molecule has 40 valence electrons. The lowest BCUT2D eigenvalue weighted by Gasteiger charge is -1.90. The third kappa shape index (κ3) is 0.996. The molecule has 0 aromatic heterocycles. The fourth-order valence-electron chi connectivity index (χ4n) is 0.795. The maximum atomic E-state index is 10.3. The van der Waals surface area contributed by atoms with E-state index in [-0.39, 0.29) is 11.9 Å².